The predicted octanol–water partition coefficient (Wildman–Crippen LogP) is 6.23. The maximum absolute atomic E-state index is 13.8. The van der Waals surface area contributed by atoms with E-state index in [1.54, 1.807) is 32.0 Å². The van der Waals surface area contributed by atoms with Crippen LogP contribution in [0.1, 0.15) is 29.7 Å². The number of nitrogens with zero attached hydrogens (tertiary/aromatic N) is 3. The van der Waals surface area contributed by atoms with Crippen LogP contribution in [0.5, 0.6) is 0 Å². The fraction of sp³-hybridized carbons (Fsp3) is 0.148. The number of aromatic amines is 1. The molecule has 6 nitrogen and oxygen atoms in total. The van der Waals surface area contributed by atoms with Crippen molar-refractivity contribution < 1.29 is 13.6 Å². The van der Waals surface area contributed by atoms with Crippen LogP contribution in [0, 0.1) is 24.5 Å². The molecule has 0 spiro atoms. The zero-order chi connectivity index (χ0) is 26.4. The van der Waals surface area contributed by atoms with Gasteiger partial charge in [0, 0.05) is 32.9 Å². The summed E-state index contributed by atoms with van der Waals surface area (Å²) in [5.74, 6) is -2.98. The number of carbonyl (C=O) groups excluding carboxylic acids is 1. The Morgan fingerprint density at radius 3 is 2.08 bits per heavy atom. The SMILES string of the molecule is CC1=NN(c2ccc(F)cc2)C(=O)[C@@H]1[C@H](c1ccc(Cl)cc1Cl)c1c(C)[nH]n(-c2ccc(F)cc2)c1=O. The molecule has 37 heavy (non-hydrogen) atoms. The monoisotopic (exact) mass is 540 g/mol. The molecule has 3 aromatic carbocycles. The van der Waals surface area contributed by atoms with Crippen LogP contribution in [0.2, 0.25) is 10.0 Å². The molecule has 0 saturated heterocycles. The van der Waals surface area contributed by atoms with Crippen molar-refractivity contribution in [3.05, 3.63) is 116 Å². The first-order valence-electron chi connectivity index (χ1n) is 11.3. The number of nitrogens with one attached hydrogen (secondary N) is 1. The number of carbonyl (C=O) groups is 1. The van der Waals surface area contributed by atoms with Crippen molar-refractivity contribution in [1.29, 1.82) is 0 Å². The molecular weight excluding hydrogens is 521 g/mol. The number of benzene rings is 3. The van der Waals surface area contributed by atoms with Crippen LogP contribution < -0.4 is 10.6 Å². The molecule has 0 fully saturated rings. The van der Waals surface area contributed by atoms with Crippen molar-refractivity contribution in [1.82, 2.24) is 9.78 Å². The summed E-state index contributed by atoms with van der Waals surface area (Å²) in [6.07, 6.45) is 0. The maximum Gasteiger partial charge on any atom is 0.275 e. The Kier molecular flexibility index (Phi) is 6.47. The minimum atomic E-state index is -0.882. The van der Waals surface area contributed by atoms with Gasteiger partial charge in [0.15, 0.2) is 0 Å². The molecule has 2 heterocycles. The van der Waals surface area contributed by atoms with E-state index in [2.05, 4.69) is 10.2 Å². The standard InChI is InChI=1S/C27H20Cl2F2N4O2/c1-14-23(26(36)34(32-14)19-8-4-17(30)5-9-19)25(21-12-3-16(28)13-22(21)29)24-15(2)33-35(27(24)37)20-10-6-18(31)7-11-20/h3-13,23,25,33H,1-2H3/t23-,25-/m0/s1. The van der Waals surface area contributed by atoms with E-state index in [1.807, 2.05) is 0 Å². The topological polar surface area (TPSA) is 70.5 Å². The Hall–Kier alpha value is -3.75. The van der Waals surface area contributed by atoms with Gasteiger partial charge in [-0.25, -0.2) is 18.5 Å². The van der Waals surface area contributed by atoms with E-state index in [0.29, 0.717) is 38.9 Å². The third kappa shape index (κ3) is 4.47. The first kappa shape index (κ1) is 24.9. The first-order chi connectivity index (χ1) is 17.7. The number of aromatic nitrogens is 2. The van der Waals surface area contributed by atoms with E-state index in [0.717, 1.165) is 0 Å². The zero-order valence-electron chi connectivity index (χ0n) is 19.7. The van der Waals surface area contributed by atoms with E-state index >= 15 is 0 Å². The Balaban J connectivity index is 1.68. The molecule has 1 aliphatic heterocycles. The molecule has 2 atom stereocenters. The fourth-order valence-electron chi connectivity index (χ4n) is 4.68. The highest BCUT2D eigenvalue weighted by Crippen LogP contribution is 2.41. The summed E-state index contributed by atoms with van der Waals surface area (Å²) < 4.78 is 28.3. The minimum Gasteiger partial charge on any atom is -0.295 e. The normalized spacial score (nSPS) is 16.3. The van der Waals surface area contributed by atoms with Gasteiger partial charge in [0.2, 0.25) is 0 Å². The Labute approximate surface area is 220 Å². The summed E-state index contributed by atoms with van der Waals surface area (Å²) in [5.41, 5.74) is 2.19. The first-order valence-corrected chi connectivity index (χ1v) is 12.1. The third-order valence-corrected chi connectivity index (χ3v) is 6.96. The fourth-order valence-corrected chi connectivity index (χ4v) is 5.21. The minimum absolute atomic E-state index is 0.284. The second-order valence-corrected chi connectivity index (χ2v) is 9.60. The van der Waals surface area contributed by atoms with Gasteiger partial charge >= 0.3 is 0 Å². The van der Waals surface area contributed by atoms with Crippen LogP contribution in [0.15, 0.2) is 76.6 Å². The number of hydrogen-bond acceptors (Lipinski definition) is 3. The van der Waals surface area contributed by atoms with Gasteiger partial charge in [-0.3, -0.25) is 14.7 Å². The van der Waals surface area contributed by atoms with Gasteiger partial charge in [-0.15, -0.1) is 0 Å². The molecule has 0 bridgehead atoms. The summed E-state index contributed by atoms with van der Waals surface area (Å²) in [7, 11) is 0. The second-order valence-electron chi connectivity index (χ2n) is 8.76. The number of H-pyrrole nitrogens is 1. The average molecular weight is 541 g/mol. The van der Waals surface area contributed by atoms with Crippen LogP contribution in [-0.4, -0.2) is 21.4 Å². The highest BCUT2D eigenvalue weighted by atomic mass is 35.5. The average Bonchev–Trinajstić information content (AvgIpc) is 3.32. The summed E-state index contributed by atoms with van der Waals surface area (Å²) >= 11 is 12.8. The number of rotatable bonds is 5. The smallest absolute Gasteiger partial charge is 0.275 e. The lowest BCUT2D eigenvalue weighted by atomic mass is 9.78. The lowest BCUT2D eigenvalue weighted by molar-refractivity contribution is -0.120. The van der Waals surface area contributed by atoms with Gasteiger partial charge in [-0.2, -0.15) is 5.10 Å². The predicted molar refractivity (Wildman–Crippen MR) is 140 cm³/mol. The zero-order valence-corrected chi connectivity index (χ0v) is 21.2. The van der Waals surface area contributed by atoms with Crippen LogP contribution in [0.25, 0.3) is 5.69 Å². The number of halogens is 4. The molecule has 1 amide bonds. The number of hydrogen-bond donors (Lipinski definition) is 1. The molecule has 10 heteroatoms. The van der Waals surface area contributed by atoms with Crippen LogP contribution in [0.4, 0.5) is 14.5 Å². The van der Waals surface area contributed by atoms with Crippen LogP contribution in [0.3, 0.4) is 0 Å². The molecule has 1 N–H and O–H groups in total. The van der Waals surface area contributed by atoms with Gasteiger partial charge in [-0.05, 0) is 80.1 Å². The summed E-state index contributed by atoms with van der Waals surface area (Å²) in [6.45, 7) is 3.42. The van der Waals surface area contributed by atoms with Crippen molar-refractivity contribution in [3.8, 4) is 5.69 Å². The van der Waals surface area contributed by atoms with Gasteiger partial charge in [0.05, 0.1) is 17.3 Å². The molecule has 0 saturated carbocycles. The molecule has 0 aliphatic carbocycles. The van der Waals surface area contributed by atoms with E-state index < -0.39 is 34.9 Å². The molecule has 5 rings (SSSR count). The number of anilines is 1. The molecule has 1 aromatic heterocycles. The van der Waals surface area contributed by atoms with E-state index in [9.17, 15) is 18.4 Å². The lowest BCUT2D eigenvalue weighted by Crippen LogP contribution is -2.34. The number of aryl methyl sites for hydroxylation is 1. The van der Waals surface area contributed by atoms with Crippen molar-refractivity contribution in [3.63, 3.8) is 0 Å². The highest BCUT2D eigenvalue weighted by Gasteiger charge is 2.44. The lowest BCUT2D eigenvalue weighted by Gasteiger charge is -2.24. The van der Waals surface area contributed by atoms with Gasteiger partial charge in [-0.1, -0.05) is 29.3 Å². The van der Waals surface area contributed by atoms with E-state index in [-0.39, 0.29) is 5.02 Å². The van der Waals surface area contributed by atoms with E-state index in [4.69, 9.17) is 23.2 Å². The van der Waals surface area contributed by atoms with Gasteiger partial charge < -0.3 is 0 Å². The second kappa shape index (κ2) is 9.61. The maximum atomic E-state index is 13.8. The number of hydrazone groups is 1. The largest absolute Gasteiger partial charge is 0.295 e. The molecule has 4 aromatic rings. The molecule has 188 valence electrons. The quantitative estimate of drug-likeness (QED) is 0.326. The van der Waals surface area contributed by atoms with Crippen molar-refractivity contribution in [2.45, 2.75) is 19.8 Å². The third-order valence-electron chi connectivity index (χ3n) is 6.40. The Bertz CT molecular complexity index is 1590. The molecule has 1 aliphatic rings. The summed E-state index contributed by atoms with van der Waals surface area (Å²) in [6, 6.07) is 15.7. The van der Waals surface area contributed by atoms with Crippen molar-refractivity contribution in [2.24, 2.45) is 11.0 Å². The summed E-state index contributed by atoms with van der Waals surface area (Å²) in [4.78, 5) is 27.6. The van der Waals surface area contributed by atoms with Crippen LogP contribution in [-0.2, 0) is 4.79 Å². The Morgan fingerprint density at radius 2 is 1.49 bits per heavy atom. The highest BCUT2D eigenvalue weighted by molar-refractivity contribution is 6.35. The van der Waals surface area contributed by atoms with Crippen molar-refractivity contribution >= 4 is 40.5 Å². The molecular formula is C27H20Cl2F2N4O2. The Morgan fingerprint density at radius 1 is 0.892 bits per heavy atom. The molecule has 0 unspecified atom stereocenters. The van der Waals surface area contributed by atoms with Gasteiger partial charge in [0.25, 0.3) is 11.5 Å². The van der Waals surface area contributed by atoms with E-state index in [1.165, 1.54) is 58.2 Å². The summed E-state index contributed by atoms with van der Waals surface area (Å²) in [5, 5.41) is 9.38. The van der Waals surface area contributed by atoms with Gasteiger partial charge in [0.1, 0.15) is 11.6 Å². The van der Waals surface area contributed by atoms with Crippen LogP contribution >= 0.6 is 23.2 Å². The van der Waals surface area contributed by atoms with Crippen molar-refractivity contribution in [2.75, 3.05) is 5.01 Å². The number of amides is 1. The molecule has 0 radical (unpaired) electrons.